The Balaban J connectivity index is 2.22. The van der Waals surface area contributed by atoms with Gasteiger partial charge in [-0.3, -0.25) is 24.1 Å². The van der Waals surface area contributed by atoms with E-state index in [1.807, 2.05) is 64.0 Å². The van der Waals surface area contributed by atoms with Crippen LogP contribution in [0.3, 0.4) is 0 Å². The zero-order valence-electron chi connectivity index (χ0n) is 32.8. The van der Waals surface area contributed by atoms with Crippen molar-refractivity contribution in [2.75, 3.05) is 61.2 Å². The SMILES string of the molecule is CCC(C)C(C(CC(=O)N1CCC[C@H]1C(OC)C(C)C(=O)N(C)CCc1ccc(N)cc1)OC)N(C)C(=O)C(NC(=O)C(C)N(C)C)C(C)C. The van der Waals surface area contributed by atoms with Gasteiger partial charge in [-0.15, -0.1) is 0 Å². The molecular formula is C38H66N6O6. The van der Waals surface area contributed by atoms with Crippen molar-refractivity contribution in [1.29, 1.82) is 0 Å². The first-order valence-corrected chi connectivity index (χ1v) is 18.2. The van der Waals surface area contributed by atoms with Gasteiger partial charge in [0.25, 0.3) is 0 Å². The highest BCUT2D eigenvalue weighted by Crippen LogP contribution is 2.30. The van der Waals surface area contributed by atoms with Gasteiger partial charge >= 0.3 is 0 Å². The lowest BCUT2D eigenvalue weighted by Crippen LogP contribution is -2.59. The molecule has 1 aromatic rings. The number of nitrogens with two attached hydrogens (primary N) is 1. The molecule has 1 aromatic carbocycles. The molecule has 8 atom stereocenters. The summed E-state index contributed by atoms with van der Waals surface area (Å²) in [6.07, 6.45) is 1.98. The third-order valence-corrected chi connectivity index (χ3v) is 10.7. The number of benzene rings is 1. The van der Waals surface area contributed by atoms with Crippen LogP contribution in [0.25, 0.3) is 0 Å². The summed E-state index contributed by atoms with van der Waals surface area (Å²) in [6.45, 7) is 12.7. The summed E-state index contributed by atoms with van der Waals surface area (Å²) < 4.78 is 12.0. The summed E-state index contributed by atoms with van der Waals surface area (Å²) in [5, 5.41) is 2.97. The molecule has 2 rings (SSSR count). The van der Waals surface area contributed by atoms with E-state index in [4.69, 9.17) is 15.2 Å². The minimum atomic E-state index is -0.733. The Morgan fingerprint density at radius 2 is 1.58 bits per heavy atom. The van der Waals surface area contributed by atoms with Crippen molar-refractivity contribution in [3.63, 3.8) is 0 Å². The largest absolute Gasteiger partial charge is 0.399 e. The van der Waals surface area contributed by atoms with Crippen molar-refractivity contribution in [2.45, 2.75) is 110 Å². The molecule has 4 amide bonds. The maximum Gasteiger partial charge on any atom is 0.245 e. The number of carbonyl (C=O) groups excluding carboxylic acids is 4. The van der Waals surface area contributed by atoms with Crippen LogP contribution in [0.15, 0.2) is 24.3 Å². The van der Waals surface area contributed by atoms with E-state index in [2.05, 4.69) is 19.2 Å². The molecule has 12 nitrogen and oxygen atoms in total. The number of likely N-dealkylation sites (N-methyl/N-ethyl adjacent to an activating group) is 3. The number of hydrogen-bond acceptors (Lipinski definition) is 8. The summed E-state index contributed by atoms with van der Waals surface area (Å²) in [5.74, 6) is -1.18. The number of nitrogens with one attached hydrogen (secondary N) is 1. The lowest BCUT2D eigenvalue weighted by atomic mass is 9.89. The lowest BCUT2D eigenvalue weighted by Gasteiger charge is -2.41. The summed E-state index contributed by atoms with van der Waals surface area (Å²) in [6, 6.07) is 5.84. The van der Waals surface area contributed by atoms with E-state index in [0.29, 0.717) is 25.2 Å². The van der Waals surface area contributed by atoms with Gasteiger partial charge in [0.05, 0.1) is 42.7 Å². The molecule has 0 radical (unpaired) electrons. The second kappa shape index (κ2) is 20.0. The zero-order chi connectivity index (χ0) is 37.9. The van der Waals surface area contributed by atoms with Gasteiger partial charge in [-0.1, -0.05) is 53.2 Å². The molecular weight excluding hydrogens is 636 g/mol. The molecule has 1 fully saturated rings. The van der Waals surface area contributed by atoms with Gasteiger partial charge in [0.15, 0.2) is 0 Å². The maximum atomic E-state index is 14.1. The average Bonchev–Trinajstić information content (AvgIpc) is 3.58. The van der Waals surface area contributed by atoms with Gasteiger partial charge in [-0.2, -0.15) is 0 Å². The number of nitrogen functional groups attached to an aromatic ring is 1. The molecule has 1 saturated heterocycles. The van der Waals surface area contributed by atoms with Gasteiger partial charge in [-0.25, -0.2) is 0 Å². The number of hydrogen-bond donors (Lipinski definition) is 2. The second-order valence-electron chi connectivity index (χ2n) is 14.7. The standard InChI is InChI=1S/C38H66N6O6/c1-13-25(4)34(43(10)38(48)33(24(2)3)40-36(46)27(6)41(7)8)31(49-11)23-32(45)44-21-14-15-30(44)35(50-12)26(5)37(47)42(9)22-20-28-16-18-29(39)19-17-28/h16-19,24-27,30-31,33-35H,13-15,20-23,39H2,1-12H3,(H,40,46)/t25?,26?,27?,30-,31?,33?,34?,35?/m0/s1. The highest BCUT2D eigenvalue weighted by molar-refractivity contribution is 5.90. The topological polar surface area (TPSA) is 138 Å². The first kappa shape index (κ1) is 42.9. The summed E-state index contributed by atoms with van der Waals surface area (Å²) in [7, 11) is 10.4. The highest BCUT2D eigenvalue weighted by atomic mass is 16.5. The predicted octanol–water partition coefficient (Wildman–Crippen LogP) is 3.28. The number of likely N-dealkylation sites (tertiary alicyclic amines) is 1. The average molecular weight is 703 g/mol. The monoisotopic (exact) mass is 703 g/mol. The normalized spacial score (nSPS) is 19.0. The predicted molar refractivity (Wildman–Crippen MR) is 198 cm³/mol. The van der Waals surface area contributed by atoms with Crippen molar-refractivity contribution < 1.29 is 28.7 Å². The number of rotatable bonds is 19. The van der Waals surface area contributed by atoms with Crippen molar-refractivity contribution in [3.8, 4) is 0 Å². The fourth-order valence-corrected chi connectivity index (χ4v) is 6.98. The van der Waals surface area contributed by atoms with E-state index in [-0.39, 0.29) is 47.9 Å². The fraction of sp³-hybridized carbons (Fsp3) is 0.737. The van der Waals surface area contributed by atoms with Crippen LogP contribution in [0.4, 0.5) is 5.69 Å². The Morgan fingerprint density at radius 1 is 0.960 bits per heavy atom. The van der Waals surface area contributed by atoms with Gasteiger partial charge in [0.2, 0.25) is 23.6 Å². The molecule has 7 unspecified atom stereocenters. The van der Waals surface area contributed by atoms with Crippen LogP contribution >= 0.6 is 0 Å². The number of ether oxygens (including phenoxy) is 2. The van der Waals surface area contributed by atoms with E-state index in [1.54, 1.807) is 49.9 Å². The lowest BCUT2D eigenvalue weighted by molar-refractivity contribution is -0.149. The summed E-state index contributed by atoms with van der Waals surface area (Å²) in [4.78, 5) is 61.7. The molecule has 1 heterocycles. The molecule has 3 N–H and O–H groups in total. The highest BCUT2D eigenvalue weighted by Gasteiger charge is 2.43. The van der Waals surface area contributed by atoms with Crippen molar-refractivity contribution in [3.05, 3.63) is 29.8 Å². The van der Waals surface area contributed by atoms with Crippen LogP contribution in [0, 0.1) is 17.8 Å². The Hall–Kier alpha value is -3.22. The second-order valence-corrected chi connectivity index (χ2v) is 14.7. The number of carbonyl (C=O) groups is 4. The van der Waals surface area contributed by atoms with E-state index >= 15 is 0 Å². The maximum absolute atomic E-state index is 14.1. The van der Waals surface area contributed by atoms with Crippen LogP contribution in [0.1, 0.15) is 72.8 Å². The molecule has 12 heteroatoms. The van der Waals surface area contributed by atoms with Gasteiger partial charge in [-0.05, 0) is 69.8 Å². The third-order valence-electron chi connectivity index (χ3n) is 10.7. The zero-order valence-corrected chi connectivity index (χ0v) is 32.8. The molecule has 0 saturated carbocycles. The van der Waals surface area contributed by atoms with Crippen LogP contribution in [-0.2, 0) is 35.1 Å². The van der Waals surface area contributed by atoms with Crippen LogP contribution in [-0.4, -0.2) is 135 Å². The summed E-state index contributed by atoms with van der Waals surface area (Å²) >= 11 is 0. The minimum Gasteiger partial charge on any atom is -0.399 e. The molecule has 0 bridgehead atoms. The molecule has 0 aliphatic carbocycles. The van der Waals surface area contributed by atoms with E-state index in [9.17, 15) is 19.2 Å². The quantitative estimate of drug-likeness (QED) is 0.210. The van der Waals surface area contributed by atoms with Gasteiger partial charge in [0, 0.05) is 47.1 Å². The summed E-state index contributed by atoms with van der Waals surface area (Å²) in [5.41, 5.74) is 7.61. The first-order chi connectivity index (χ1) is 23.5. The Kier molecular flexibility index (Phi) is 17.2. The molecule has 0 spiro atoms. The Morgan fingerprint density at radius 3 is 2.10 bits per heavy atom. The first-order valence-electron chi connectivity index (χ1n) is 18.2. The molecule has 1 aliphatic rings. The number of methoxy groups -OCH3 is 2. The van der Waals surface area contributed by atoms with Gasteiger partial charge < -0.3 is 35.2 Å². The number of amides is 4. The van der Waals surface area contributed by atoms with E-state index < -0.39 is 36.3 Å². The molecule has 1 aliphatic heterocycles. The smallest absolute Gasteiger partial charge is 0.245 e. The third kappa shape index (κ3) is 11.1. The Bertz CT molecular complexity index is 1240. The van der Waals surface area contributed by atoms with Crippen molar-refractivity contribution in [1.82, 2.24) is 24.9 Å². The van der Waals surface area contributed by atoms with Crippen LogP contribution < -0.4 is 11.1 Å². The minimum absolute atomic E-state index is 0.00781. The number of nitrogens with zero attached hydrogens (tertiary/aromatic N) is 4. The molecule has 50 heavy (non-hydrogen) atoms. The van der Waals surface area contributed by atoms with Crippen molar-refractivity contribution in [2.24, 2.45) is 17.8 Å². The van der Waals surface area contributed by atoms with Crippen LogP contribution in [0.5, 0.6) is 0 Å². The van der Waals surface area contributed by atoms with E-state index in [1.165, 1.54) is 0 Å². The fourth-order valence-electron chi connectivity index (χ4n) is 6.98. The molecule has 284 valence electrons. The molecule has 0 aromatic heterocycles. The van der Waals surface area contributed by atoms with Crippen molar-refractivity contribution >= 4 is 29.3 Å². The van der Waals surface area contributed by atoms with E-state index in [0.717, 1.165) is 24.8 Å². The number of anilines is 1. The Labute approximate surface area is 301 Å². The van der Waals surface area contributed by atoms with Gasteiger partial charge in [0.1, 0.15) is 6.04 Å². The van der Waals surface area contributed by atoms with Crippen LogP contribution in [0.2, 0.25) is 0 Å².